The van der Waals surface area contributed by atoms with E-state index in [0.29, 0.717) is 0 Å². The number of hydrogen-bond donors (Lipinski definition) is 1. The van der Waals surface area contributed by atoms with Gasteiger partial charge in [0.05, 0.1) is 0 Å². The molecule has 0 saturated heterocycles. The molecule has 1 N–H and O–H groups in total. The second-order valence-corrected chi connectivity index (χ2v) is 6.67. The average Bonchev–Trinajstić information content (AvgIpc) is 2.65. The lowest BCUT2D eigenvalue weighted by Crippen LogP contribution is -2.24. The highest BCUT2D eigenvalue weighted by atomic mass is 16.3. The van der Waals surface area contributed by atoms with Gasteiger partial charge >= 0.3 is 0 Å². The molecule has 4 rings (SSSR count). The number of carbonyl (C=O) groups is 1. The molecule has 0 heterocycles. The normalized spacial score (nSPS) is 16.5. The number of rotatable bonds is 3. The molecule has 1 unspecified atom stereocenters. The third-order valence-corrected chi connectivity index (χ3v) is 5.06. The van der Waals surface area contributed by atoms with Crippen molar-refractivity contribution in [1.29, 1.82) is 0 Å². The molecule has 0 spiro atoms. The molecule has 0 bridgehead atoms. The Balaban J connectivity index is 1.64. The summed E-state index contributed by atoms with van der Waals surface area (Å²) in [5.41, 5.74) is 5.34. The molecule has 25 heavy (non-hydrogen) atoms. The van der Waals surface area contributed by atoms with Crippen molar-refractivity contribution in [2.24, 2.45) is 5.92 Å². The van der Waals surface area contributed by atoms with Gasteiger partial charge in [0.1, 0.15) is 5.75 Å². The quantitative estimate of drug-likeness (QED) is 0.731. The molecule has 2 nitrogen and oxygen atoms in total. The van der Waals surface area contributed by atoms with Crippen molar-refractivity contribution in [2.75, 3.05) is 0 Å². The first-order valence-electron chi connectivity index (χ1n) is 8.72. The SMILES string of the molecule is O=C1c2ccc(O)cc2CCC1Cc1ccccc1-c1ccccc1. The zero-order chi connectivity index (χ0) is 17.2. The van der Waals surface area contributed by atoms with Crippen molar-refractivity contribution < 1.29 is 9.90 Å². The second-order valence-electron chi connectivity index (χ2n) is 6.67. The third kappa shape index (κ3) is 3.08. The molecule has 0 amide bonds. The number of aromatic hydroxyl groups is 1. The Hall–Kier alpha value is -2.87. The van der Waals surface area contributed by atoms with Crippen LogP contribution < -0.4 is 0 Å². The summed E-state index contributed by atoms with van der Waals surface area (Å²) >= 11 is 0. The van der Waals surface area contributed by atoms with Crippen molar-refractivity contribution in [3.05, 3.63) is 89.5 Å². The topological polar surface area (TPSA) is 37.3 Å². The predicted octanol–water partition coefficient (Wildman–Crippen LogP) is 5.05. The zero-order valence-electron chi connectivity index (χ0n) is 14.0. The van der Waals surface area contributed by atoms with E-state index >= 15 is 0 Å². The van der Waals surface area contributed by atoms with Gasteiger partial charge in [-0.25, -0.2) is 0 Å². The lowest BCUT2D eigenvalue weighted by Gasteiger charge is -2.24. The average molecular weight is 328 g/mol. The van der Waals surface area contributed by atoms with Gasteiger partial charge in [0.15, 0.2) is 5.78 Å². The van der Waals surface area contributed by atoms with E-state index in [1.165, 1.54) is 16.7 Å². The van der Waals surface area contributed by atoms with Crippen LogP contribution in [0.15, 0.2) is 72.8 Å². The molecule has 1 atom stereocenters. The summed E-state index contributed by atoms with van der Waals surface area (Å²) < 4.78 is 0. The highest BCUT2D eigenvalue weighted by Gasteiger charge is 2.28. The van der Waals surface area contributed by atoms with Gasteiger partial charge in [-0.3, -0.25) is 4.79 Å². The van der Waals surface area contributed by atoms with Crippen molar-refractivity contribution in [3.8, 4) is 16.9 Å². The molecule has 0 saturated carbocycles. The van der Waals surface area contributed by atoms with E-state index in [2.05, 4.69) is 24.3 Å². The molecule has 0 aromatic heterocycles. The molecule has 1 aliphatic carbocycles. The van der Waals surface area contributed by atoms with E-state index in [1.807, 2.05) is 30.3 Å². The molecule has 1 aliphatic rings. The molecule has 0 fully saturated rings. The Kier molecular flexibility index (Phi) is 4.10. The first-order valence-corrected chi connectivity index (χ1v) is 8.72. The molecule has 3 aromatic rings. The van der Waals surface area contributed by atoms with Crippen LogP contribution in [0.4, 0.5) is 0 Å². The van der Waals surface area contributed by atoms with Gasteiger partial charge in [0.25, 0.3) is 0 Å². The van der Waals surface area contributed by atoms with Crippen LogP contribution in [0.1, 0.15) is 27.9 Å². The van der Waals surface area contributed by atoms with E-state index in [1.54, 1.807) is 18.2 Å². The third-order valence-electron chi connectivity index (χ3n) is 5.06. The smallest absolute Gasteiger partial charge is 0.166 e. The number of benzene rings is 3. The van der Waals surface area contributed by atoms with Gasteiger partial charge in [-0.05, 0) is 59.7 Å². The van der Waals surface area contributed by atoms with Crippen LogP contribution in [-0.4, -0.2) is 10.9 Å². The zero-order valence-corrected chi connectivity index (χ0v) is 14.0. The highest BCUT2D eigenvalue weighted by Crippen LogP contribution is 2.32. The molecule has 124 valence electrons. The van der Waals surface area contributed by atoms with E-state index in [4.69, 9.17) is 0 Å². The summed E-state index contributed by atoms with van der Waals surface area (Å²) in [6, 6.07) is 23.8. The van der Waals surface area contributed by atoms with Crippen molar-refractivity contribution in [1.82, 2.24) is 0 Å². The Labute approximate surface area is 147 Å². The standard InChI is InChI=1S/C23H20O2/c24-20-12-13-22-18(15-20)10-11-19(23(22)25)14-17-8-4-5-9-21(17)16-6-2-1-3-7-16/h1-9,12-13,15,19,24H,10-11,14H2. The Morgan fingerprint density at radius 2 is 1.64 bits per heavy atom. The number of ketones is 1. The number of aryl methyl sites for hydroxylation is 1. The molecular formula is C23H20O2. The summed E-state index contributed by atoms with van der Waals surface area (Å²) in [5, 5.41) is 9.63. The number of Topliss-reactive ketones (excluding diaryl/α,β-unsaturated/α-hetero) is 1. The minimum absolute atomic E-state index is 0.00176. The van der Waals surface area contributed by atoms with Crippen LogP contribution in [-0.2, 0) is 12.8 Å². The van der Waals surface area contributed by atoms with E-state index in [-0.39, 0.29) is 17.5 Å². The number of hydrogen-bond acceptors (Lipinski definition) is 2. The van der Waals surface area contributed by atoms with Gasteiger partial charge in [-0.2, -0.15) is 0 Å². The van der Waals surface area contributed by atoms with Crippen molar-refractivity contribution in [3.63, 3.8) is 0 Å². The fourth-order valence-electron chi connectivity index (χ4n) is 3.77. The Bertz CT molecular complexity index is 912. The van der Waals surface area contributed by atoms with Crippen LogP contribution >= 0.6 is 0 Å². The predicted molar refractivity (Wildman–Crippen MR) is 99.8 cm³/mol. The maximum atomic E-state index is 12.9. The number of fused-ring (bicyclic) bond motifs is 1. The van der Waals surface area contributed by atoms with Gasteiger partial charge in [0.2, 0.25) is 0 Å². The Morgan fingerprint density at radius 1 is 0.880 bits per heavy atom. The molecule has 0 radical (unpaired) electrons. The lowest BCUT2D eigenvalue weighted by atomic mass is 9.78. The van der Waals surface area contributed by atoms with Crippen LogP contribution in [0, 0.1) is 5.92 Å². The summed E-state index contributed by atoms with van der Waals surface area (Å²) in [7, 11) is 0. The monoisotopic (exact) mass is 328 g/mol. The minimum atomic E-state index is 0.00176. The van der Waals surface area contributed by atoms with Crippen molar-refractivity contribution in [2.45, 2.75) is 19.3 Å². The first-order chi connectivity index (χ1) is 12.2. The highest BCUT2D eigenvalue weighted by molar-refractivity contribution is 6.00. The van der Waals surface area contributed by atoms with Crippen LogP contribution in [0.2, 0.25) is 0 Å². The summed E-state index contributed by atoms with van der Waals surface area (Å²) in [5.74, 6) is 0.436. The molecular weight excluding hydrogens is 308 g/mol. The first kappa shape index (κ1) is 15.6. The van der Waals surface area contributed by atoms with Crippen LogP contribution in [0.5, 0.6) is 5.75 Å². The minimum Gasteiger partial charge on any atom is -0.508 e. The largest absolute Gasteiger partial charge is 0.508 e. The van der Waals surface area contributed by atoms with Gasteiger partial charge in [-0.1, -0.05) is 54.6 Å². The molecule has 0 aliphatic heterocycles. The summed E-state index contributed by atoms with van der Waals surface area (Å²) in [6.07, 6.45) is 2.43. The van der Waals surface area contributed by atoms with Crippen LogP contribution in [0.3, 0.4) is 0 Å². The fraction of sp³-hybridized carbons (Fsp3) is 0.174. The maximum absolute atomic E-state index is 12.9. The van der Waals surface area contributed by atoms with E-state index < -0.39 is 0 Å². The molecule has 2 heteroatoms. The summed E-state index contributed by atoms with van der Waals surface area (Å²) in [4.78, 5) is 12.9. The number of phenols is 1. The van der Waals surface area contributed by atoms with Gasteiger partial charge < -0.3 is 5.11 Å². The summed E-state index contributed by atoms with van der Waals surface area (Å²) in [6.45, 7) is 0. The lowest BCUT2D eigenvalue weighted by molar-refractivity contribution is 0.0901. The van der Waals surface area contributed by atoms with Gasteiger partial charge in [-0.15, -0.1) is 0 Å². The number of phenolic OH excluding ortho intramolecular Hbond substituents is 1. The fourth-order valence-corrected chi connectivity index (χ4v) is 3.77. The van der Waals surface area contributed by atoms with E-state index in [9.17, 15) is 9.90 Å². The second kappa shape index (κ2) is 6.56. The Morgan fingerprint density at radius 3 is 2.48 bits per heavy atom. The number of carbonyl (C=O) groups excluding carboxylic acids is 1. The van der Waals surface area contributed by atoms with Crippen molar-refractivity contribution >= 4 is 5.78 Å². The van der Waals surface area contributed by atoms with Crippen LogP contribution in [0.25, 0.3) is 11.1 Å². The van der Waals surface area contributed by atoms with E-state index in [0.717, 1.165) is 30.4 Å². The van der Waals surface area contributed by atoms with Gasteiger partial charge in [0, 0.05) is 11.5 Å². The maximum Gasteiger partial charge on any atom is 0.166 e. The molecule has 3 aromatic carbocycles.